The van der Waals surface area contributed by atoms with Crippen molar-refractivity contribution in [1.82, 2.24) is 15.3 Å². The van der Waals surface area contributed by atoms with E-state index in [4.69, 9.17) is 23.2 Å². The molecule has 22 heavy (non-hydrogen) atoms. The maximum Gasteiger partial charge on any atom is 0.222 e. The Kier molecular flexibility index (Phi) is 4.76. The topological polar surface area (TPSA) is 49.8 Å². The minimum atomic E-state index is -0.443. The second-order valence-corrected chi connectivity index (χ2v) is 6.12. The number of nitrogens with zero attached hydrogens (tertiary/aromatic N) is 2. The second kappa shape index (κ2) is 6.77. The molecule has 3 rings (SSSR count). The molecule has 2 N–H and O–H groups in total. The lowest BCUT2D eigenvalue weighted by molar-refractivity contribution is 0.543. The molecule has 2 heterocycles. The number of hydrogen-bond donors (Lipinski definition) is 2. The Balaban J connectivity index is 1.67. The first-order valence-electron chi connectivity index (χ1n) is 7.00. The molecule has 0 spiro atoms. The minimum absolute atomic E-state index is 0.336. The van der Waals surface area contributed by atoms with Crippen LogP contribution >= 0.6 is 23.2 Å². The normalized spacial score (nSPS) is 21.0. The van der Waals surface area contributed by atoms with E-state index in [-0.39, 0.29) is 0 Å². The van der Waals surface area contributed by atoms with Gasteiger partial charge in [0.25, 0.3) is 0 Å². The first-order valence-corrected chi connectivity index (χ1v) is 7.76. The summed E-state index contributed by atoms with van der Waals surface area (Å²) in [5.74, 6) is 0.691. The zero-order valence-electron chi connectivity index (χ0n) is 11.7. The number of rotatable bonds is 4. The van der Waals surface area contributed by atoms with Crippen molar-refractivity contribution < 1.29 is 4.39 Å². The van der Waals surface area contributed by atoms with Gasteiger partial charge in [-0.15, -0.1) is 0 Å². The Morgan fingerprint density at radius 3 is 2.68 bits per heavy atom. The van der Waals surface area contributed by atoms with E-state index < -0.39 is 5.82 Å². The molecular formula is C15H15Cl2FN4. The van der Waals surface area contributed by atoms with Gasteiger partial charge in [0.05, 0.1) is 22.4 Å². The van der Waals surface area contributed by atoms with Crippen molar-refractivity contribution in [3.05, 3.63) is 52.0 Å². The molecule has 0 amide bonds. The third-order valence-corrected chi connectivity index (χ3v) is 4.59. The van der Waals surface area contributed by atoms with Crippen molar-refractivity contribution in [2.24, 2.45) is 5.92 Å². The Labute approximate surface area is 138 Å². The van der Waals surface area contributed by atoms with Crippen LogP contribution in [0.2, 0.25) is 10.0 Å². The molecule has 0 aliphatic carbocycles. The van der Waals surface area contributed by atoms with Crippen LogP contribution in [0.3, 0.4) is 0 Å². The largest absolute Gasteiger partial charge is 0.354 e. The molecule has 1 saturated heterocycles. The highest BCUT2D eigenvalue weighted by Gasteiger charge is 2.28. The van der Waals surface area contributed by atoms with Gasteiger partial charge < -0.3 is 10.6 Å². The number of aromatic nitrogens is 2. The Morgan fingerprint density at radius 2 is 1.95 bits per heavy atom. The highest BCUT2D eigenvalue weighted by atomic mass is 35.5. The van der Waals surface area contributed by atoms with Gasteiger partial charge >= 0.3 is 0 Å². The van der Waals surface area contributed by atoms with Crippen LogP contribution in [0.15, 0.2) is 30.6 Å². The number of nitrogens with one attached hydrogen (secondary N) is 2. The maximum absolute atomic E-state index is 12.8. The predicted octanol–water partition coefficient (Wildman–Crippen LogP) is 3.34. The summed E-state index contributed by atoms with van der Waals surface area (Å²) in [6.45, 7) is 2.47. The van der Waals surface area contributed by atoms with E-state index >= 15 is 0 Å². The highest BCUT2D eigenvalue weighted by Crippen LogP contribution is 2.32. The van der Waals surface area contributed by atoms with E-state index in [0.29, 0.717) is 34.4 Å². The molecule has 7 heteroatoms. The predicted molar refractivity (Wildman–Crippen MR) is 86.0 cm³/mol. The molecule has 0 bridgehead atoms. The molecule has 2 unspecified atom stereocenters. The quantitative estimate of drug-likeness (QED) is 0.896. The zero-order valence-corrected chi connectivity index (χ0v) is 13.2. The van der Waals surface area contributed by atoms with Crippen molar-refractivity contribution in [2.75, 3.05) is 25.0 Å². The van der Waals surface area contributed by atoms with Crippen molar-refractivity contribution in [3.8, 4) is 0 Å². The molecule has 116 valence electrons. The lowest BCUT2D eigenvalue weighted by Crippen LogP contribution is -2.21. The van der Waals surface area contributed by atoms with Crippen LogP contribution in [0.4, 0.5) is 10.3 Å². The summed E-state index contributed by atoms with van der Waals surface area (Å²) in [5.41, 5.74) is 1.16. The average molecular weight is 341 g/mol. The number of halogens is 3. The zero-order chi connectivity index (χ0) is 15.5. The van der Waals surface area contributed by atoms with E-state index in [1.807, 2.05) is 18.2 Å². The lowest BCUT2D eigenvalue weighted by atomic mass is 9.89. The fourth-order valence-electron chi connectivity index (χ4n) is 2.71. The smallest absolute Gasteiger partial charge is 0.222 e. The first kappa shape index (κ1) is 15.5. The fraction of sp³-hybridized carbons (Fsp3) is 0.333. The number of hydrogen-bond acceptors (Lipinski definition) is 4. The minimum Gasteiger partial charge on any atom is -0.354 e. The Hall–Kier alpha value is -1.43. The second-order valence-electron chi connectivity index (χ2n) is 5.30. The lowest BCUT2D eigenvalue weighted by Gasteiger charge is -2.19. The molecule has 1 aliphatic rings. The van der Waals surface area contributed by atoms with Crippen LogP contribution in [0.25, 0.3) is 0 Å². The van der Waals surface area contributed by atoms with Gasteiger partial charge in [-0.05, 0) is 23.6 Å². The fourth-order valence-corrected chi connectivity index (χ4v) is 3.01. The maximum atomic E-state index is 12.8. The van der Waals surface area contributed by atoms with Gasteiger partial charge in [-0.1, -0.05) is 29.3 Å². The number of anilines is 1. The summed E-state index contributed by atoms with van der Waals surface area (Å²) in [5, 5.41) is 7.67. The molecule has 1 aromatic heterocycles. The van der Waals surface area contributed by atoms with Crippen molar-refractivity contribution >= 4 is 29.2 Å². The highest BCUT2D eigenvalue weighted by molar-refractivity contribution is 6.42. The van der Waals surface area contributed by atoms with Crippen molar-refractivity contribution in [3.63, 3.8) is 0 Å². The molecule has 0 saturated carbocycles. The van der Waals surface area contributed by atoms with Gasteiger partial charge in [-0.2, -0.15) is 0 Å². The summed E-state index contributed by atoms with van der Waals surface area (Å²) in [6, 6.07) is 5.75. The van der Waals surface area contributed by atoms with Gasteiger partial charge in [0.2, 0.25) is 5.95 Å². The van der Waals surface area contributed by atoms with Gasteiger partial charge in [0.1, 0.15) is 0 Å². The van der Waals surface area contributed by atoms with Crippen LogP contribution in [0, 0.1) is 11.7 Å². The van der Waals surface area contributed by atoms with Gasteiger partial charge in [-0.25, -0.2) is 14.4 Å². The van der Waals surface area contributed by atoms with Crippen molar-refractivity contribution in [2.45, 2.75) is 5.92 Å². The van der Waals surface area contributed by atoms with Gasteiger partial charge in [0.15, 0.2) is 5.82 Å². The number of benzene rings is 1. The SMILES string of the molecule is Fc1cnc(NCC2CNCC2c2ccc(Cl)c(Cl)c2)nc1. The van der Waals surface area contributed by atoms with Crippen LogP contribution < -0.4 is 10.6 Å². The molecular weight excluding hydrogens is 326 g/mol. The van der Waals surface area contributed by atoms with E-state index in [0.717, 1.165) is 31.0 Å². The summed E-state index contributed by atoms with van der Waals surface area (Å²) < 4.78 is 12.8. The molecule has 1 fully saturated rings. The molecule has 0 radical (unpaired) electrons. The van der Waals surface area contributed by atoms with Crippen LogP contribution in [-0.2, 0) is 0 Å². The van der Waals surface area contributed by atoms with Crippen LogP contribution in [0.1, 0.15) is 11.5 Å². The summed E-state index contributed by atoms with van der Waals surface area (Å²) in [6.07, 6.45) is 2.30. The molecule has 2 atom stereocenters. The van der Waals surface area contributed by atoms with E-state index in [9.17, 15) is 4.39 Å². The summed E-state index contributed by atoms with van der Waals surface area (Å²) in [4.78, 5) is 7.81. The average Bonchev–Trinajstić information content (AvgIpc) is 2.98. The molecule has 1 aliphatic heterocycles. The van der Waals surface area contributed by atoms with Crippen molar-refractivity contribution in [1.29, 1.82) is 0 Å². The van der Waals surface area contributed by atoms with Gasteiger partial charge in [-0.3, -0.25) is 0 Å². The third-order valence-electron chi connectivity index (χ3n) is 3.85. The summed E-state index contributed by atoms with van der Waals surface area (Å²) >= 11 is 12.1. The van der Waals surface area contributed by atoms with Crippen LogP contribution in [0.5, 0.6) is 0 Å². The first-order chi connectivity index (χ1) is 10.6. The molecule has 4 nitrogen and oxygen atoms in total. The van der Waals surface area contributed by atoms with E-state index in [2.05, 4.69) is 20.6 Å². The molecule has 1 aromatic carbocycles. The summed E-state index contributed by atoms with van der Waals surface area (Å²) in [7, 11) is 0. The Morgan fingerprint density at radius 1 is 1.18 bits per heavy atom. The standard InChI is InChI=1S/C15H15Cl2FN4/c16-13-2-1-9(3-14(13)17)12-8-19-4-10(12)5-20-15-21-6-11(18)7-22-15/h1-3,6-7,10,12,19H,4-5,8H2,(H,20,21,22). The van der Waals surface area contributed by atoms with E-state index in [1.165, 1.54) is 0 Å². The van der Waals surface area contributed by atoms with Crippen LogP contribution in [-0.4, -0.2) is 29.6 Å². The van der Waals surface area contributed by atoms with Gasteiger partial charge in [0, 0.05) is 25.6 Å². The monoisotopic (exact) mass is 340 g/mol. The third kappa shape index (κ3) is 3.48. The Bertz CT molecular complexity index is 650. The van der Waals surface area contributed by atoms with E-state index in [1.54, 1.807) is 0 Å². The molecule has 2 aromatic rings.